The number of fused-ring (bicyclic) bond motifs is 1. The summed E-state index contributed by atoms with van der Waals surface area (Å²) in [4.78, 5) is 30.1. The van der Waals surface area contributed by atoms with Gasteiger partial charge in [-0.25, -0.2) is 4.98 Å². The van der Waals surface area contributed by atoms with Crippen molar-refractivity contribution in [3.8, 4) is 0 Å². The lowest BCUT2D eigenvalue weighted by Gasteiger charge is -2.14. The topological polar surface area (TPSA) is 71.1 Å². The summed E-state index contributed by atoms with van der Waals surface area (Å²) in [5.41, 5.74) is 4.58. The van der Waals surface area contributed by atoms with Gasteiger partial charge in [-0.1, -0.05) is 62.0 Å². The van der Waals surface area contributed by atoms with Crippen molar-refractivity contribution in [2.24, 2.45) is 0 Å². The molecule has 2 amide bonds. The third-order valence-corrected chi connectivity index (χ3v) is 6.38. The summed E-state index contributed by atoms with van der Waals surface area (Å²) in [6.45, 7) is 4.18. The molecule has 1 aliphatic rings. The summed E-state index contributed by atoms with van der Waals surface area (Å²) < 4.78 is 0. The van der Waals surface area contributed by atoms with E-state index in [1.54, 1.807) is 6.07 Å². The smallest absolute Gasteiger partial charge is 0.252 e. The molecule has 0 spiro atoms. The van der Waals surface area contributed by atoms with E-state index in [9.17, 15) is 9.59 Å². The zero-order valence-electron chi connectivity index (χ0n) is 17.9. The highest BCUT2D eigenvalue weighted by molar-refractivity contribution is 7.99. The molecule has 1 aromatic heterocycles. The van der Waals surface area contributed by atoms with Crippen molar-refractivity contribution in [3.05, 3.63) is 65.2 Å². The van der Waals surface area contributed by atoms with Gasteiger partial charge < -0.3 is 10.6 Å². The molecule has 0 radical (unpaired) electrons. The Labute approximate surface area is 187 Å². The normalized spacial score (nSPS) is 13.2. The van der Waals surface area contributed by atoms with Gasteiger partial charge in [-0.3, -0.25) is 9.59 Å². The molecule has 2 N–H and O–H groups in total. The maximum absolute atomic E-state index is 12.8. The number of thioether (sulfide) groups is 1. The van der Waals surface area contributed by atoms with Crippen LogP contribution in [0.1, 0.15) is 48.2 Å². The number of rotatable bonds is 8. The Bertz CT molecular complexity index is 1100. The van der Waals surface area contributed by atoms with Gasteiger partial charge in [0.05, 0.1) is 21.9 Å². The number of hydrogen-bond donors (Lipinski definition) is 2. The summed E-state index contributed by atoms with van der Waals surface area (Å²) in [6.07, 6.45) is 3.80. The minimum absolute atomic E-state index is 0.0699. The van der Waals surface area contributed by atoms with Gasteiger partial charge in [0.2, 0.25) is 5.91 Å². The van der Waals surface area contributed by atoms with E-state index in [-0.39, 0.29) is 23.6 Å². The van der Waals surface area contributed by atoms with Crippen LogP contribution in [0.5, 0.6) is 0 Å². The zero-order valence-corrected chi connectivity index (χ0v) is 18.7. The number of amides is 2. The van der Waals surface area contributed by atoms with Gasteiger partial charge in [0.1, 0.15) is 0 Å². The minimum atomic E-state index is -0.0723. The lowest BCUT2D eigenvalue weighted by Crippen LogP contribution is -2.25. The first-order chi connectivity index (χ1) is 15.1. The Kier molecular flexibility index (Phi) is 6.56. The van der Waals surface area contributed by atoms with Crippen LogP contribution >= 0.6 is 11.8 Å². The van der Waals surface area contributed by atoms with E-state index in [1.165, 1.54) is 11.8 Å². The largest absolute Gasteiger partial charge is 0.349 e. The highest BCUT2D eigenvalue weighted by Crippen LogP contribution is 2.27. The molecule has 0 atom stereocenters. The molecule has 6 heteroatoms. The van der Waals surface area contributed by atoms with Gasteiger partial charge in [-0.2, -0.15) is 0 Å². The Morgan fingerprint density at radius 1 is 1.03 bits per heavy atom. The molecule has 0 bridgehead atoms. The molecule has 1 saturated carbocycles. The second kappa shape index (κ2) is 9.52. The van der Waals surface area contributed by atoms with Crippen molar-refractivity contribution < 1.29 is 9.59 Å². The molecule has 4 rings (SSSR count). The molecule has 0 saturated heterocycles. The average molecular weight is 434 g/mol. The van der Waals surface area contributed by atoms with Crippen molar-refractivity contribution in [1.82, 2.24) is 10.3 Å². The maximum atomic E-state index is 12.8. The standard InChI is InChI=1S/C25H27N3O2S/c1-3-16-8-7-9-17(4-2)24(16)28-22(29)15-31-23-14-20(25(30)26-18-12-13-18)19-10-5-6-11-21(19)27-23/h5-11,14,18H,3-4,12-13,15H2,1-2H3,(H,26,30)(H,28,29). The van der Waals surface area contributed by atoms with E-state index >= 15 is 0 Å². The zero-order chi connectivity index (χ0) is 21.8. The molecular formula is C25H27N3O2S. The number of anilines is 1. The number of para-hydroxylation sites is 2. The lowest BCUT2D eigenvalue weighted by molar-refractivity contribution is -0.113. The second-order valence-electron chi connectivity index (χ2n) is 7.77. The summed E-state index contributed by atoms with van der Waals surface area (Å²) in [7, 11) is 0. The van der Waals surface area contributed by atoms with Gasteiger partial charge in [0, 0.05) is 17.1 Å². The Morgan fingerprint density at radius 3 is 2.42 bits per heavy atom. The Balaban J connectivity index is 1.51. The van der Waals surface area contributed by atoms with E-state index in [0.717, 1.165) is 53.4 Å². The van der Waals surface area contributed by atoms with E-state index in [4.69, 9.17) is 0 Å². The number of carbonyl (C=O) groups is 2. The number of carbonyl (C=O) groups excluding carboxylic acids is 2. The minimum Gasteiger partial charge on any atom is -0.349 e. The van der Waals surface area contributed by atoms with Gasteiger partial charge in [0.25, 0.3) is 5.91 Å². The van der Waals surface area contributed by atoms with Crippen LogP contribution in [-0.2, 0) is 17.6 Å². The van der Waals surface area contributed by atoms with Crippen LogP contribution in [0.15, 0.2) is 53.6 Å². The highest BCUT2D eigenvalue weighted by atomic mass is 32.2. The highest BCUT2D eigenvalue weighted by Gasteiger charge is 2.25. The molecule has 1 aliphatic carbocycles. The summed E-state index contributed by atoms with van der Waals surface area (Å²) in [5, 5.41) is 7.66. The molecule has 0 aliphatic heterocycles. The van der Waals surface area contributed by atoms with E-state index in [1.807, 2.05) is 30.3 Å². The quantitative estimate of drug-likeness (QED) is 0.492. The van der Waals surface area contributed by atoms with Crippen molar-refractivity contribution in [2.75, 3.05) is 11.1 Å². The number of hydrogen-bond acceptors (Lipinski definition) is 4. The van der Waals surface area contributed by atoms with Crippen LogP contribution in [0, 0.1) is 0 Å². The van der Waals surface area contributed by atoms with Crippen LogP contribution in [0.4, 0.5) is 5.69 Å². The van der Waals surface area contributed by atoms with Crippen molar-refractivity contribution in [2.45, 2.75) is 50.6 Å². The van der Waals surface area contributed by atoms with E-state index < -0.39 is 0 Å². The van der Waals surface area contributed by atoms with E-state index in [2.05, 4.69) is 41.6 Å². The van der Waals surface area contributed by atoms with Crippen LogP contribution in [0.3, 0.4) is 0 Å². The van der Waals surface area contributed by atoms with Gasteiger partial charge in [-0.05, 0) is 48.9 Å². The van der Waals surface area contributed by atoms with Crippen LogP contribution in [0.25, 0.3) is 10.9 Å². The molecule has 2 aromatic carbocycles. The predicted octanol–water partition coefficient (Wildman–Crippen LogP) is 4.98. The molecule has 1 heterocycles. The number of pyridine rings is 1. The monoisotopic (exact) mass is 433 g/mol. The SMILES string of the molecule is CCc1cccc(CC)c1NC(=O)CSc1cc(C(=O)NC2CC2)c2ccccc2n1. The Morgan fingerprint density at radius 2 is 1.74 bits per heavy atom. The number of aromatic nitrogens is 1. The molecule has 1 fully saturated rings. The average Bonchev–Trinajstić information content (AvgIpc) is 3.61. The van der Waals surface area contributed by atoms with E-state index in [0.29, 0.717) is 10.6 Å². The fraction of sp³-hybridized carbons (Fsp3) is 0.320. The van der Waals surface area contributed by atoms with Gasteiger partial charge >= 0.3 is 0 Å². The maximum Gasteiger partial charge on any atom is 0.252 e. The first kappa shape index (κ1) is 21.4. The van der Waals surface area contributed by atoms with Crippen molar-refractivity contribution in [1.29, 1.82) is 0 Å². The lowest BCUT2D eigenvalue weighted by atomic mass is 10.0. The van der Waals surface area contributed by atoms with Gasteiger partial charge in [-0.15, -0.1) is 0 Å². The van der Waals surface area contributed by atoms with Crippen LogP contribution in [-0.4, -0.2) is 28.6 Å². The van der Waals surface area contributed by atoms with Crippen LogP contribution < -0.4 is 10.6 Å². The molecule has 160 valence electrons. The summed E-state index contributed by atoms with van der Waals surface area (Å²) >= 11 is 1.35. The summed E-state index contributed by atoms with van der Waals surface area (Å²) in [5.74, 6) is 0.0901. The summed E-state index contributed by atoms with van der Waals surface area (Å²) in [6, 6.07) is 15.9. The fourth-order valence-corrected chi connectivity index (χ4v) is 4.34. The van der Waals surface area contributed by atoms with Crippen molar-refractivity contribution >= 4 is 40.2 Å². The first-order valence-electron chi connectivity index (χ1n) is 10.8. The Hall–Kier alpha value is -2.86. The molecular weight excluding hydrogens is 406 g/mol. The second-order valence-corrected chi connectivity index (χ2v) is 8.76. The fourth-order valence-electron chi connectivity index (χ4n) is 3.62. The van der Waals surface area contributed by atoms with Crippen LogP contribution in [0.2, 0.25) is 0 Å². The predicted molar refractivity (Wildman–Crippen MR) is 127 cm³/mol. The number of benzene rings is 2. The number of aryl methyl sites for hydroxylation is 2. The third-order valence-electron chi connectivity index (χ3n) is 5.46. The molecule has 31 heavy (non-hydrogen) atoms. The third kappa shape index (κ3) is 5.07. The first-order valence-corrected chi connectivity index (χ1v) is 11.8. The number of nitrogens with one attached hydrogen (secondary N) is 2. The number of nitrogens with zero attached hydrogens (tertiary/aromatic N) is 1. The van der Waals surface area contributed by atoms with Crippen molar-refractivity contribution in [3.63, 3.8) is 0 Å². The van der Waals surface area contributed by atoms with Gasteiger partial charge in [0.15, 0.2) is 0 Å². The molecule has 3 aromatic rings. The molecule has 5 nitrogen and oxygen atoms in total. The molecule has 0 unspecified atom stereocenters.